The Kier molecular flexibility index (Phi) is 7.86. The molecule has 1 aromatic carbocycles. The molecule has 2 N–H and O–H groups in total. The molecule has 0 unspecified atom stereocenters. The maximum atomic E-state index is 11.4. The molecule has 0 aliphatic heterocycles. The Morgan fingerprint density at radius 3 is 2.63 bits per heavy atom. The summed E-state index contributed by atoms with van der Waals surface area (Å²) in [6.07, 6.45) is 1.53. The SMILES string of the molecule is CNCCC(=O)NCCCN(C)Cc1ccccc1. The van der Waals surface area contributed by atoms with Crippen LogP contribution in [0.4, 0.5) is 0 Å². The Balaban J connectivity index is 2.07. The van der Waals surface area contributed by atoms with E-state index in [0.29, 0.717) is 6.42 Å². The predicted molar refractivity (Wildman–Crippen MR) is 78.9 cm³/mol. The van der Waals surface area contributed by atoms with Crippen molar-refractivity contribution in [3.05, 3.63) is 35.9 Å². The summed E-state index contributed by atoms with van der Waals surface area (Å²) in [6, 6.07) is 10.4. The van der Waals surface area contributed by atoms with Gasteiger partial charge in [-0.25, -0.2) is 0 Å². The summed E-state index contributed by atoms with van der Waals surface area (Å²) >= 11 is 0. The second-order valence-corrected chi connectivity index (χ2v) is 4.78. The number of carbonyl (C=O) groups is 1. The van der Waals surface area contributed by atoms with Crippen LogP contribution in [0.3, 0.4) is 0 Å². The minimum atomic E-state index is 0.125. The van der Waals surface area contributed by atoms with Crippen LogP contribution in [0.1, 0.15) is 18.4 Å². The predicted octanol–water partition coefficient (Wildman–Crippen LogP) is 1.23. The molecule has 4 heteroatoms. The molecule has 1 amide bonds. The molecule has 0 fully saturated rings. The van der Waals surface area contributed by atoms with Crippen LogP contribution in [0.2, 0.25) is 0 Å². The van der Waals surface area contributed by atoms with Crippen molar-refractivity contribution in [2.45, 2.75) is 19.4 Å². The van der Waals surface area contributed by atoms with Crippen molar-refractivity contribution in [1.29, 1.82) is 0 Å². The fourth-order valence-corrected chi connectivity index (χ4v) is 1.88. The van der Waals surface area contributed by atoms with Crippen LogP contribution in [-0.2, 0) is 11.3 Å². The summed E-state index contributed by atoms with van der Waals surface area (Å²) in [5.74, 6) is 0.125. The molecule has 0 aromatic heterocycles. The lowest BCUT2D eigenvalue weighted by atomic mass is 10.2. The van der Waals surface area contributed by atoms with E-state index >= 15 is 0 Å². The van der Waals surface area contributed by atoms with Gasteiger partial charge in [0.2, 0.25) is 5.91 Å². The van der Waals surface area contributed by atoms with Gasteiger partial charge in [0, 0.05) is 26.1 Å². The number of nitrogens with zero attached hydrogens (tertiary/aromatic N) is 1. The zero-order valence-corrected chi connectivity index (χ0v) is 12.0. The van der Waals surface area contributed by atoms with Gasteiger partial charge in [0.1, 0.15) is 0 Å². The van der Waals surface area contributed by atoms with Crippen LogP contribution in [0, 0.1) is 0 Å². The summed E-state index contributed by atoms with van der Waals surface area (Å²) in [5.41, 5.74) is 1.32. The van der Waals surface area contributed by atoms with E-state index in [1.54, 1.807) is 0 Å². The largest absolute Gasteiger partial charge is 0.356 e. The van der Waals surface area contributed by atoms with Crippen molar-refractivity contribution < 1.29 is 4.79 Å². The molecule has 1 aromatic rings. The van der Waals surface area contributed by atoms with E-state index < -0.39 is 0 Å². The molecule has 1 rings (SSSR count). The first-order chi connectivity index (χ1) is 9.22. The average molecular weight is 263 g/mol. The highest BCUT2D eigenvalue weighted by Gasteiger charge is 2.01. The van der Waals surface area contributed by atoms with Gasteiger partial charge in [-0.2, -0.15) is 0 Å². The van der Waals surface area contributed by atoms with E-state index in [1.165, 1.54) is 5.56 Å². The number of hydrogen-bond acceptors (Lipinski definition) is 3. The van der Waals surface area contributed by atoms with Crippen LogP contribution in [0.25, 0.3) is 0 Å². The van der Waals surface area contributed by atoms with E-state index in [9.17, 15) is 4.79 Å². The van der Waals surface area contributed by atoms with Crippen LogP contribution < -0.4 is 10.6 Å². The Bertz CT molecular complexity index is 354. The van der Waals surface area contributed by atoms with Crippen LogP contribution in [0.5, 0.6) is 0 Å². The maximum Gasteiger partial charge on any atom is 0.221 e. The fraction of sp³-hybridized carbons (Fsp3) is 0.533. The van der Waals surface area contributed by atoms with E-state index in [1.807, 2.05) is 13.1 Å². The molecule has 0 aliphatic rings. The Morgan fingerprint density at radius 1 is 1.21 bits per heavy atom. The smallest absolute Gasteiger partial charge is 0.221 e. The monoisotopic (exact) mass is 263 g/mol. The van der Waals surface area contributed by atoms with Gasteiger partial charge in [-0.15, -0.1) is 0 Å². The standard InChI is InChI=1S/C15H25N3O/c1-16-11-9-15(19)17-10-6-12-18(2)13-14-7-4-3-5-8-14/h3-5,7-8,16H,6,9-13H2,1-2H3,(H,17,19). The van der Waals surface area contributed by atoms with Crippen molar-refractivity contribution in [2.24, 2.45) is 0 Å². The average Bonchev–Trinajstić information content (AvgIpc) is 2.42. The Hall–Kier alpha value is -1.39. The first-order valence-corrected chi connectivity index (χ1v) is 6.86. The van der Waals surface area contributed by atoms with E-state index in [2.05, 4.69) is 46.8 Å². The number of nitrogens with one attached hydrogen (secondary N) is 2. The molecule has 0 bridgehead atoms. The van der Waals surface area contributed by atoms with Crippen molar-refractivity contribution in [1.82, 2.24) is 15.5 Å². The molecule has 0 radical (unpaired) electrons. The van der Waals surface area contributed by atoms with Gasteiger partial charge < -0.3 is 15.5 Å². The molecule has 0 saturated carbocycles. The van der Waals surface area contributed by atoms with Gasteiger partial charge in [0.15, 0.2) is 0 Å². The quantitative estimate of drug-likeness (QED) is 0.659. The fourth-order valence-electron chi connectivity index (χ4n) is 1.88. The van der Waals surface area contributed by atoms with Crippen LogP contribution >= 0.6 is 0 Å². The Labute approximate surface area is 116 Å². The van der Waals surface area contributed by atoms with Crippen LogP contribution in [0.15, 0.2) is 30.3 Å². The van der Waals surface area contributed by atoms with Crippen molar-refractivity contribution in [3.8, 4) is 0 Å². The molecule has 4 nitrogen and oxygen atoms in total. The zero-order valence-electron chi connectivity index (χ0n) is 12.0. The van der Waals surface area contributed by atoms with Crippen molar-refractivity contribution >= 4 is 5.91 Å². The molecular weight excluding hydrogens is 238 g/mol. The van der Waals surface area contributed by atoms with Crippen molar-refractivity contribution in [3.63, 3.8) is 0 Å². The van der Waals surface area contributed by atoms with Gasteiger partial charge in [0.05, 0.1) is 0 Å². The summed E-state index contributed by atoms with van der Waals surface area (Å²) in [7, 11) is 3.96. The lowest BCUT2D eigenvalue weighted by molar-refractivity contribution is -0.121. The minimum Gasteiger partial charge on any atom is -0.356 e. The zero-order chi connectivity index (χ0) is 13.9. The second kappa shape index (κ2) is 9.53. The topological polar surface area (TPSA) is 44.4 Å². The van der Waals surface area contributed by atoms with Gasteiger partial charge >= 0.3 is 0 Å². The third kappa shape index (κ3) is 7.59. The molecule has 106 valence electrons. The van der Waals surface area contributed by atoms with E-state index in [-0.39, 0.29) is 5.91 Å². The third-order valence-electron chi connectivity index (χ3n) is 2.94. The number of amides is 1. The lowest BCUT2D eigenvalue weighted by Gasteiger charge is -2.16. The minimum absolute atomic E-state index is 0.125. The van der Waals surface area contributed by atoms with Gasteiger partial charge in [-0.05, 0) is 32.6 Å². The molecule has 0 heterocycles. The molecule has 0 atom stereocenters. The Morgan fingerprint density at radius 2 is 1.95 bits per heavy atom. The summed E-state index contributed by atoms with van der Waals surface area (Å²) < 4.78 is 0. The van der Waals surface area contributed by atoms with Crippen LogP contribution in [-0.4, -0.2) is 44.5 Å². The highest BCUT2D eigenvalue weighted by molar-refractivity contribution is 5.75. The highest BCUT2D eigenvalue weighted by Crippen LogP contribution is 2.02. The maximum absolute atomic E-state index is 11.4. The molecular formula is C15H25N3O. The number of rotatable bonds is 9. The number of hydrogen-bond donors (Lipinski definition) is 2. The molecule has 0 spiro atoms. The molecule has 0 aliphatic carbocycles. The number of benzene rings is 1. The molecule has 19 heavy (non-hydrogen) atoms. The van der Waals surface area contributed by atoms with Gasteiger partial charge in [-0.1, -0.05) is 30.3 Å². The normalized spacial score (nSPS) is 10.7. The second-order valence-electron chi connectivity index (χ2n) is 4.78. The van der Waals surface area contributed by atoms with E-state index in [0.717, 1.165) is 32.6 Å². The summed E-state index contributed by atoms with van der Waals surface area (Å²) in [5, 5.41) is 5.90. The third-order valence-corrected chi connectivity index (χ3v) is 2.94. The number of carbonyl (C=O) groups excluding carboxylic acids is 1. The van der Waals surface area contributed by atoms with Gasteiger partial charge in [-0.3, -0.25) is 4.79 Å². The van der Waals surface area contributed by atoms with E-state index in [4.69, 9.17) is 0 Å². The summed E-state index contributed by atoms with van der Waals surface area (Å²) in [4.78, 5) is 13.6. The first-order valence-electron chi connectivity index (χ1n) is 6.86. The highest BCUT2D eigenvalue weighted by atomic mass is 16.1. The van der Waals surface area contributed by atoms with Gasteiger partial charge in [0.25, 0.3) is 0 Å². The lowest BCUT2D eigenvalue weighted by Crippen LogP contribution is -2.29. The summed E-state index contributed by atoms with van der Waals surface area (Å²) in [6.45, 7) is 3.43. The molecule has 0 saturated heterocycles. The first kappa shape index (κ1) is 15.7. The van der Waals surface area contributed by atoms with Crippen molar-refractivity contribution in [2.75, 3.05) is 33.7 Å².